The Morgan fingerprint density at radius 2 is 1.82 bits per heavy atom. The van der Waals surface area contributed by atoms with Gasteiger partial charge in [-0.15, -0.1) is 0 Å². The maximum Gasteiger partial charge on any atom is 0.359 e. The molecule has 0 aliphatic heterocycles. The normalized spacial score (nSPS) is 14.5. The topological polar surface area (TPSA) is 158 Å². The quantitative estimate of drug-likeness (QED) is 0.238. The number of rotatable bonds is 14. The van der Waals surface area contributed by atoms with Crippen molar-refractivity contribution in [3.63, 3.8) is 0 Å². The van der Waals surface area contributed by atoms with Crippen molar-refractivity contribution in [1.29, 1.82) is 0 Å². The number of nitrogen functional groups attached to an aromatic ring is 1. The van der Waals surface area contributed by atoms with Crippen LogP contribution in [0.2, 0.25) is 0 Å². The zero-order valence-electron chi connectivity index (χ0n) is 19.6. The summed E-state index contributed by atoms with van der Waals surface area (Å²) in [6.45, 7) is 8.32. The molecule has 0 amide bonds. The Labute approximate surface area is 192 Å². The SMILES string of the molecule is CC(C)C(=O)CCOP(=O)(CO[C@H](C)Cn1cnc2c(N)ncnc21)OCOC(=O)C(C)C. The second kappa shape index (κ2) is 12.2. The van der Waals surface area contributed by atoms with Gasteiger partial charge in [0.15, 0.2) is 11.5 Å². The lowest BCUT2D eigenvalue weighted by Crippen LogP contribution is -2.20. The zero-order valence-corrected chi connectivity index (χ0v) is 20.5. The molecule has 2 N–H and O–H groups in total. The maximum atomic E-state index is 13.2. The van der Waals surface area contributed by atoms with Crippen molar-refractivity contribution in [3.8, 4) is 0 Å². The molecular weight excluding hydrogens is 453 g/mol. The van der Waals surface area contributed by atoms with Crippen LogP contribution < -0.4 is 5.73 Å². The van der Waals surface area contributed by atoms with Crippen molar-refractivity contribution in [3.05, 3.63) is 12.7 Å². The first-order chi connectivity index (χ1) is 15.5. The summed E-state index contributed by atoms with van der Waals surface area (Å²) >= 11 is 0. The predicted molar refractivity (Wildman–Crippen MR) is 120 cm³/mol. The first kappa shape index (κ1) is 26.8. The average molecular weight is 485 g/mol. The van der Waals surface area contributed by atoms with E-state index < -0.39 is 32.8 Å². The van der Waals surface area contributed by atoms with Crippen LogP contribution in [0.4, 0.5) is 5.82 Å². The van der Waals surface area contributed by atoms with Gasteiger partial charge in [0.2, 0.25) is 6.79 Å². The minimum Gasteiger partial charge on any atom is -0.438 e. The Morgan fingerprint density at radius 1 is 1.09 bits per heavy atom. The van der Waals surface area contributed by atoms with Gasteiger partial charge in [-0.05, 0) is 6.92 Å². The number of imidazole rings is 1. The summed E-state index contributed by atoms with van der Waals surface area (Å²) in [4.78, 5) is 35.8. The van der Waals surface area contributed by atoms with Gasteiger partial charge in [-0.2, -0.15) is 0 Å². The highest BCUT2D eigenvalue weighted by molar-refractivity contribution is 7.53. The smallest absolute Gasteiger partial charge is 0.359 e. The summed E-state index contributed by atoms with van der Waals surface area (Å²) in [6, 6.07) is 0. The lowest BCUT2D eigenvalue weighted by atomic mass is 10.1. The van der Waals surface area contributed by atoms with Gasteiger partial charge in [0, 0.05) is 12.3 Å². The predicted octanol–water partition coefficient (Wildman–Crippen LogP) is 2.77. The second-order valence-electron chi connectivity index (χ2n) is 8.11. The first-order valence-electron chi connectivity index (χ1n) is 10.6. The summed E-state index contributed by atoms with van der Waals surface area (Å²) < 4.78 is 36.2. The number of hydrogen-bond donors (Lipinski definition) is 1. The van der Waals surface area contributed by atoms with Crippen molar-refractivity contribution < 1.29 is 32.7 Å². The van der Waals surface area contributed by atoms with Crippen molar-refractivity contribution in [2.75, 3.05) is 25.5 Å². The van der Waals surface area contributed by atoms with E-state index in [0.29, 0.717) is 17.7 Å². The van der Waals surface area contributed by atoms with Crippen LogP contribution in [-0.2, 0) is 39.2 Å². The fourth-order valence-corrected chi connectivity index (χ4v) is 3.84. The molecule has 0 aliphatic carbocycles. The van der Waals surface area contributed by atoms with Crippen LogP contribution in [-0.4, -0.2) is 57.1 Å². The number of aromatic nitrogens is 4. The molecule has 0 radical (unpaired) electrons. The van der Waals surface area contributed by atoms with Gasteiger partial charge in [0.05, 0.1) is 31.5 Å². The number of hydrogen-bond acceptors (Lipinski definition) is 11. The number of esters is 1. The second-order valence-corrected chi connectivity index (χ2v) is 10.1. The molecule has 0 saturated heterocycles. The minimum absolute atomic E-state index is 0.0321. The fourth-order valence-electron chi connectivity index (χ4n) is 2.60. The van der Waals surface area contributed by atoms with Crippen LogP contribution in [0.25, 0.3) is 11.2 Å². The van der Waals surface area contributed by atoms with Crippen LogP contribution in [0.1, 0.15) is 41.0 Å². The number of nitrogens with zero attached hydrogens (tertiary/aromatic N) is 4. The number of Topliss-reactive ketones (excluding diaryl/α,β-unsaturated/α-hetero) is 1. The van der Waals surface area contributed by atoms with Crippen molar-refractivity contribution in [2.45, 2.75) is 53.7 Å². The molecule has 33 heavy (non-hydrogen) atoms. The molecule has 2 rings (SSSR count). The molecule has 0 aliphatic rings. The molecule has 0 fully saturated rings. The van der Waals surface area contributed by atoms with Gasteiger partial charge in [0.1, 0.15) is 24.0 Å². The summed E-state index contributed by atoms with van der Waals surface area (Å²) in [5, 5.41) is 0. The lowest BCUT2D eigenvalue weighted by molar-refractivity contribution is -0.154. The highest BCUT2D eigenvalue weighted by Crippen LogP contribution is 2.48. The van der Waals surface area contributed by atoms with Gasteiger partial charge in [-0.1, -0.05) is 27.7 Å². The van der Waals surface area contributed by atoms with Gasteiger partial charge in [-0.3, -0.25) is 18.7 Å². The molecule has 0 saturated carbocycles. The molecule has 0 spiro atoms. The van der Waals surface area contributed by atoms with E-state index in [1.54, 1.807) is 45.5 Å². The number of ether oxygens (including phenoxy) is 2. The van der Waals surface area contributed by atoms with Crippen molar-refractivity contribution >= 4 is 36.3 Å². The van der Waals surface area contributed by atoms with Gasteiger partial charge in [-0.25, -0.2) is 15.0 Å². The van der Waals surface area contributed by atoms with E-state index in [1.807, 2.05) is 0 Å². The minimum atomic E-state index is -3.81. The highest BCUT2D eigenvalue weighted by Gasteiger charge is 2.28. The zero-order chi connectivity index (χ0) is 24.6. The standard InChI is InChI=1S/C20H32N5O7P/c1-13(2)16(26)6-7-31-33(28,32-11-29-20(27)14(3)4)12-30-15(5)8-25-10-24-17-18(21)22-9-23-19(17)25/h9-10,13-15H,6-8,11-12H2,1-5H3,(H2,21,22,23)/t15-,33?/m1/s1. The number of carbonyl (C=O) groups excluding carboxylic acids is 2. The number of anilines is 1. The number of fused-ring (bicyclic) bond motifs is 1. The molecule has 2 aromatic heterocycles. The monoisotopic (exact) mass is 485 g/mol. The van der Waals surface area contributed by atoms with Gasteiger partial charge >= 0.3 is 13.6 Å². The highest BCUT2D eigenvalue weighted by atomic mass is 31.2. The van der Waals surface area contributed by atoms with E-state index in [9.17, 15) is 14.2 Å². The Kier molecular flexibility index (Phi) is 9.90. The van der Waals surface area contributed by atoms with Crippen LogP contribution in [0, 0.1) is 11.8 Å². The molecule has 1 unspecified atom stereocenters. The fraction of sp³-hybridized carbons (Fsp3) is 0.650. The Morgan fingerprint density at radius 3 is 2.48 bits per heavy atom. The van der Waals surface area contributed by atoms with Crippen LogP contribution in [0.3, 0.4) is 0 Å². The van der Waals surface area contributed by atoms with E-state index in [4.69, 9.17) is 24.3 Å². The van der Waals surface area contributed by atoms with E-state index in [-0.39, 0.29) is 36.5 Å². The van der Waals surface area contributed by atoms with Crippen molar-refractivity contribution in [1.82, 2.24) is 19.5 Å². The summed E-state index contributed by atoms with van der Waals surface area (Å²) in [5.74, 6) is -0.795. The van der Waals surface area contributed by atoms with E-state index >= 15 is 0 Å². The lowest BCUT2D eigenvalue weighted by Gasteiger charge is -2.21. The summed E-state index contributed by atoms with van der Waals surface area (Å²) in [5.41, 5.74) is 6.82. The third-order valence-electron chi connectivity index (χ3n) is 4.60. The Hall–Kier alpha value is -2.40. The first-order valence-corrected chi connectivity index (χ1v) is 12.4. The summed E-state index contributed by atoms with van der Waals surface area (Å²) in [6.07, 6.45) is 2.15. The van der Waals surface area contributed by atoms with Crippen LogP contribution >= 0.6 is 7.60 Å². The largest absolute Gasteiger partial charge is 0.438 e. The van der Waals surface area contributed by atoms with E-state index in [2.05, 4.69) is 15.0 Å². The third kappa shape index (κ3) is 8.15. The number of ketones is 1. The van der Waals surface area contributed by atoms with E-state index in [1.165, 1.54) is 6.33 Å². The molecule has 13 heteroatoms. The van der Waals surface area contributed by atoms with E-state index in [0.717, 1.165) is 0 Å². The van der Waals surface area contributed by atoms with Crippen molar-refractivity contribution in [2.24, 2.45) is 11.8 Å². The molecule has 12 nitrogen and oxygen atoms in total. The summed E-state index contributed by atoms with van der Waals surface area (Å²) in [7, 11) is -3.81. The molecule has 2 atom stereocenters. The Balaban J connectivity index is 1.97. The van der Waals surface area contributed by atoms with Crippen LogP contribution in [0.15, 0.2) is 12.7 Å². The number of carbonyl (C=O) groups is 2. The Bertz CT molecular complexity index is 964. The third-order valence-corrected chi connectivity index (χ3v) is 6.14. The van der Waals surface area contributed by atoms with Gasteiger partial charge in [0.25, 0.3) is 0 Å². The van der Waals surface area contributed by atoms with Crippen LogP contribution in [0.5, 0.6) is 0 Å². The molecular formula is C20H32N5O7P. The molecule has 184 valence electrons. The molecule has 2 heterocycles. The average Bonchev–Trinajstić information content (AvgIpc) is 3.16. The van der Waals surface area contributed by atoms with Gasteiger partial charge < -0.3 is 24.3 Å². The maximum absolute atomic E-state index is 13.2. The molecule has 0 aromatic carbocycles. The molecule has 2 aromatic rings. The number of nitrogens with two attached hydrogens (primary N) is 1. The molecule has 0 bridgehead atoms.